The molecule has 2 unspecified atom stereocenters. The highest BCUT2D eigenvalue weighted by atomic mass is 31.2. The Kier molecular flexibility index (Phi) is 14.7. The molecule has 0 fully saturated rings. The fraction of sp³-hybridized carbons (Fsp3) is 0.500. The van der Waals surface area contributed by atoms with Gasteiger partial charge in [0.05, 0.1) is 19.8 Å². The van der Waals surface area contributed by atoms with Gasteiger partial charge in [-0.15, -0.1) is 6.58 Å². The zero-order valence-corrected chi connectivity index (χ0v) is 16.1. The number of nitrogens with zero attached hydrogens (tertiary/aromatic N) is 1. The average Bonchev–Trinajstić information content (AvgIpc) is 2.64. The lowest BCUT2D eigenvalue weighted by molar-refractivity contribution is -0.122. The molecular weight excluding hydrogens is 363 g/mol. The van der Waals surface area contributed by atoms with Crippen LogP contribution in [0.5, 0.6) is 0 Å². The van der Waals surface area contributed by atoms with Gasteiger partial charge in [0.15, 0.2) is 14.6 Å². The average molecular weight is 390 g/mol. The van der Waals surface area contributed by atoms with Crippen molar-refractivity contribution in [1.82, 2.24) is 10.2 Å². The van der Waals surface area contributed by atoms with Gasteiger partial charge in [-0.25, -0.2) is 0 Å². The monoisotopic (exact) mass is 390 g/mol. The number of aliphatic hydroxyl groups is 1. The highest BCUT2D eigenvalue weighted by Crippen LogP contribution is 2.37. The topological polar surface area (TPSA) is 107 Å². The number of rotatable bonds is 15. The molecule has 0 aliphatic carbocycles. The maximum atomic E-state index is 11.3. The number of hydrogen-bond donors (Lipinski definition) is 2. The van der Waals surface area contributed by atoms with Crippen LogP contribution in [0.25, 0.3) is 0 Å². The maximum Gasteiger partial charge on any atom is 0.251 e. The van der Waals surface area contributed by atoms with E-state index in [0.717, 1.165) is 0 Å². The third-order valence-corrected chi connectivity index (χ3v) is 4.04. The van der Waals surface area contributed by atoms with Gasteiger partial charge >= 0.3 is 0 Å². The molecule has 0 aliphatic rings. The van der Waals surface area contributed by atoms with E-state index in [4.69, 9.17) is 18.5 Å². The van der Waals surface area contributed by atoms with Gasteiger partial charge in [-0.2, -0.15) is 0 Å². The van der Waals surface area contributed by atoms with E-state index >= 15 is 0 Å². The second-order valence-electron chi connectivity index (χ2n) is 4.74. The van der Waals surface area contributed by atoms with Crippen molar-refractivity contribution in [2.24, 2.45) is 0 Å². The molecule has 0 saturated heterocycles. The van der Waals surface area contributed by atoms with Gasteiger partial charge in [0, 0.05) is 33.5 Å². The first-order valence-electron chi connectivity index (χ1n) is 7.67. The molecule has 148 valence electrons. The number of carbonyl (C=O) groups excluding carboxylic acids is 2. The molecule has 0 bridgehead atoms. The van der Waals surface area contributed by atoms with Gasteiger partial charge in [0.1, 0.15) is 6.10 Å². The van der Waals surface area contributed by atoms with Crippen LogP contribution in [0.2, 0.25) is 0 Å². The molecule has 10 heteroatoms. The Balaban J connectivity index is 4.98. The number of imide groups is 1. The molecule has 0 aromatic heterocycles. The normalized spacial score (nSPS) is 13.9. The summed E-state index contributed by atoms with van der Waals surface area (Å²) in [7, 11) is 3.51. The van der Waals surface area contributed by atoms with E-state index in [9.17, 15) is 14.7 Å². The summed E-state index contributed by atoms with van der Waals surface area (Å²) < 4.78 is 21.4. The zero-order chi connectivity index (χ0) is 19.8. The molecular formula is C16H27N2O7P. The van der Waals surface area contributed by atoms with Crippen molar-refractivity contribution in [3.8, 4) is 0 Å². The Hall–Kier alpha value is -1.61. The first-order chi connectivity index (χ1) is 12.5. The van der Waals surface area contributed by atoms with Crippen molar-refractivity contribution < 1.29 is 33.2 Å². The Labute approximate surface area is 155 Å². The van der Waals surface area contributed by atoms with Gasteiger partial charge in [-0.3, -0.25) is 14.9 Å². The van der Waals surface area contributed by atoms with Crippen LogP contribution in [0.15, 0.2) is 36.8 Å². The number of amides is 2. The van der Waals surface area contributed by atoms with E-state index in [1.165, 1.54) is 26.5 Å². The highest BCUT2D eigenvalue weighted by Gasteiger charge is 2.18. The summed E-state index contributed by atoms with van der Waals surface area (Å²) >= 11 is 0. The van der Waals surface area contributed by atoms with Crippen LogP contribution >= 0.6 is 8.38 Å². The molecule has 0 saturated carbocycles. The van der Waals surface area contributed by atoms with Gasteiger partial charge in [-0.05, 0) is 11.9 Å². The van der Waals surface area contributed by atoms with E-state index in [2.05, 4.69) is 6.58 Å². The van der Waals surface area contributed by atoms with E-state index in [1.54, 1.807) is 29.9 Å². The zero-order valence-electron chi connectivity index (χ0n) is 15.2. The van der Waals surface area contributed by atoms with Gasteiger partial charge in [-0.1, -0.05) is 6.08 Å². The largest absolute Gasteiger partial charge is 0.393 e. The Bertz CT molecular complexity index is 470. The first kappa shape index (κ1) is 24.4. The lowest BCUT2D eigenvalue weighted by atomic mass is 10.3. The van der Waals surface area contributed by atoms with E-state index in [1.807, 2.05) is 5.32 Å². The summed E-state index contributed by atoms with van der Waals surface area (Å²) in [4.78, 5) is 23.2. The highest BCUT2D eigenvalue weighted by molar-refractivity contribution is 7.50. The van der Waals surface area contributed by atoms with Gasteiger partial charge in [0.2, 0.25) is 6.41 Å². The SMILES string of the molecule is C=CCOCC(OC(/C=C/P(OC)OC)CO)N(C)/C=C\C(=O)NC=O. The van der Waals surface area contributed by atoms with Crippen LogP contribution < -0.4 is 5.32 Å². The Morgan fingerprint density at radius 3 is 2.62 bits per heavy atom. The van der Waals surface area contributed by atoms with Crippen LogP contribution in [-0.4, -0.2) is 75.7 Å². The number of nitrogens with one attached hydrogen (secondary N) is 1. The van der Waals surface area contributed by atoms with Crippen molar-refractivity contribution in [2.75, 3.05) is 41.1 Å². The molecule has 0 rings (SSSR count). The Morgan fingerprint density at radius 1 is 1.38 bits per heavy atom. The minimum atomic E-state index is -1.20. The van der Waals surface area contributed by atoms with Crippen molar-refractivity contribution in [3.05, 3.63) is 36.8 Å². The fourth-order valence-electron chi connectivity index (χ4n) is 1.61. The van der Waals surface area contributed by atoms with Crippen molar-refractivity contribution in [3.63, 3.8) is 0 Å². The van der Waals surface area contributed by atoms with E-state index < -0.39 is 26.6 Å². The summed E-state index contributed by atoms with van der Waals surface area (Å²) in [6.45, 7) is 3.78. The molecule has 0 heterocycles. The second-order valence-corrected chi connectivity index (χ2v) is 6.34. The number of likely N-dealkylation sites (N-methyl/N-ethyl adjacent to an activating group) is 1. The predicted octanol–water partition coefficient (Wildman–Crippen LogP) is 0.729. The third kappa shape index (κ3) is 11.1. The minimum absolute atomic E-state index is 0.163. The summed E-state index contributed by atoms with van der Waals surface area (Å²) in [5.41, 5.74) is 0. The number of carbonyl (C=O) groups is 2. The molecule has 26 heavy (non-hydrogen) atoms. The van der Waals surface area contributed by atoms with Crippen LogP contribution in [-0.2, 0) is 28.1 Å². The Morgan fingerprint density at radius 2 is 2.08 bits per heavy atom. The van der Waals surface area contributed by atoms with Crippen LogP contribution in [0, 0.1) is 0 Å². The molecule has 2 atom stereocenters. The van der Waals surface area contributed by atoms with E-state index in [-0.39, 0.29) is 13.2 Å². The lowest BCUT2D eigenvalue weighted by Gasteiger charge is -2.29. The third-order valence-electron chi connectivity index (χ3n) is 2.91. The van der Waals surface area contributed by atoms with E-state index in [0.29, 0.717) is 13.0 Å². The molecule has 0 aliphatic heterocycles. The molecule has 0 radical (unpaired) electrons. The van der Waals surface area contributed by atoms with Crippen LogP contribution in [0.4, 0.5) is 0 Å². The first-order valence-corrected chi connectivity index (χ1v) is 8.92. The number of hydrogen-bond acceptors (Lipinski definition) is 8. The summed E-state index contributed by atoms with van der Waals surface area (Å²) in [6.07, 6.45) is 4.90. The van der Waals surface area contributed by atoms with Crippen molar-refractivity contribution in [2.45, 2.75) is 12.3 Å². The quantitative estimate of drug-likeness (QED) is 0.105. The van der Waals surface area contributed by atoms with Crippen LogP contribution in [0.3, 0.4) is 0 Å². The molecule has 0 aromatic rings. The molecule has 2 N–H and O–H groups in total. The van der Waals surface area contributed by atoms with Crippen LogP contribution in [0.1, 0.15) is 0 Å². The minimum Gasteiger partial charge on any atom is -0.393 e. The second kappa shape index (κ2) is 15.6. The number of aliphatic hydroxyl groups excluding tert-OH is 1. The van der Waals surface area contributed by atoms with Gasteiger partial charge in [0.25, 0.3) is 5.91 Å². The summed E-state index contributed by atoms with van der Waals surface area (Å²) in [6, 6.07) is 0. The fourth-order valence-corrected chi connectivity index (χ4v) is 2.33. The molecule has 2 amide bonds. The maximum absolute atomic E-state index is 11.3. The van der Waals surface area contributed by atoms with Gasteiger partial charge < -0.3 is 28.5 Å². The summed E-state index contributed by atoms with van der Waals surface area (Å²) in [5.74, 6) is 1.10. The van der Waals surface area contributed by atoms with Crippen molar-refractivity contribution >= 4 is 20.7 Å². The predicted molar refractivity (Wildman–Crippen MR) is 98.0 cm³/mol. The molecule has 0 spiro atoms. The number of ether oxygens (including phenoxy) is 2. The lowest BCUT2D eigenvalue weighted by Crippen LogP contribution is -2.38. The standard InChI is InChI=1S/C16H27N2O7P/c1-5-9-24-12-16(18(2)8-6-15(21)17-13-20)25-14(11-19)7-10-26(22-3)23-4/h5-8,10,13-14,16,19H,1,9,11-12H2,2-4H3,(H,17,20,21)/b8-6-,10-7+. The van der Waals surface area contributed by atoms with Crippen molar-refractivity contribution in [1.29, 1.82) is 0 Å². The smallest absolute Gasteiger partial charge is 0.251 e. The molecule has 9 nitrogen and oxygen atoms in total. The summed E-state index contributed by atoms with van der Waals surface area (Å²) in [5, 5.41) is 11.5. The molecule has 0 aromatic carbocycles.